The van der Waals surface area contributed by atoms with E-state index >= 15 is 0 Å². The molecule has 0 aliphatic heterocycles. The van der Waals surface area contributed by atoms with E-state index in [-0.39, 0.29) is 0 Å². The van der Waals surface area contributed by atoms with E-state index in [0.29, 0.717) is 5.92 Å². The molecule has 2 nitrogen and oxygen atoms in total. The maximum atomic E-state index is 10.4. The van der Waals surface area contributed by atoms with Crippen molar-refractivity contribution in [2.24, 2.45) is 5.92 Å². The van der Waals surface area contributed by atoms with Crippen molar-refractivity contribution in [3.8, 4) is 0 Å². The molecule has 0 bridgehead atoms. The van der Waals surface area contributed by atoms with Crippen LogP contribution >= 0.6 is 0 Å². The summed E-state index contributed by atoms with van der Waals surface area (Å²) in [6.07, 6.45) is 7.54. The fraction of sp³-hybridized carbons (Fsp3) is 0.700. The average Bonchev–Trinajstić information content (AvgIpc) is 2.05. The molecule has 2 heteroatoms. The summed E-state index contributed by atoms with van der Waals surface area (Å²) in [5.74, 6) is -0.270. The predicted molar refractivity (Wildman–Crippen MR) is 48.0 cm³/mol. The van der Waals surface area contributed by atoms with Gasteiger partial charge >= 0.3 is 5.97 Å². The molecular formula is C10H16O2. The fourth-order valence-electron chi connectivity index (χ4n) is 1.87. The zero-order valence-electron chi connectivity index (χ0n) is 7.55. The highest BCUT2D eigenvalue weighted by Gasteiger charge is 2.15. The molecule has 12 heavy (non-hydrogen) atoms. The number of rotatable bonds is 2. The van der Waals surface area contributed by atoms with Gasteiger partial charge in [-0.25, -0.2) is 4.79 Å². The third kappa shape index (κ3) is 2.68. The Balaban J connectivity index is 2.49. The SMILES string of the molecule is C/C(=C\C(=O)O)C1CCCCC1. The molecule has 0 unspecified atom stereocenters. The maximum absolute atomic E-state index is 10.4. The van der Waals surface area contributed by atoms with E-state index in [1.54, 1.807) is 0 Å². The van der Waals surface area contributed by atoms with Crippen LogP contribution in [0.25, 0.3) is 0 Å². The van der Waals surface area contributed by atoms with E-state index in [4.69, 9.17) is 5.11 Å². The van der Waals surface area contributed by atoms with Gasteiger partial charge in [0.15, 0.2) is 0 Å². The predicted octanol–water partition coefficient (Wildman–Crippen LogP) is 2.60. The minimum atomic E-state index is -0.807. The highest BCUT2D eigenvalue weighted by atomic mass is 16.4. The van der Waals surface area contributed by atoms with Gasteiger partial charge in [-0.3, -0.25) is 0 Å². The highest BCUT2D eigenvalue weighted by Crippen LogP contribution is 2.29. The molecule has 1 fully saturated rings. The Morgan fingerprint density at radius 2 is 1.92 bits per heavy atom. The molecule has 0 aromatic carbocycles. The van der Waals surface area contributed by atoms with Crippen molar-refractivity contribution >= 4 is 5.97 Å². The Kier molecular flexibility index (Phi) is 3.32. The van der Waals surface area contributed by atoms with Gasteiger partial charge in [0.05, 0.1) is 0 Å². The fourth-order valence-corrected chi connectivity index (χ4v) is 1.87. The van der Waals surface area contributed by atoms with Crippen molar-refractivity contribution in [2.75, 3.05) is 0 Å². The molecule has 1 saturated carbocycles. The first-order chi connectivity index (χ1) is 5.70. The van der Waals surface area contributed by atoms with Crippen LogP contribution in [-0.4, -0.2) is 11.1 Å². The van der Waals surface area contributed by atoms with Crippen LogP contribution in [0.1, 0.15) is 39.0 Å². The lowest BCUT2D eigenvalue weighted by Crippen LogP contribution is -2.08. The van der Waals surface area contributed by atoms with Crippen molar-refractivity contribution in [3.63, 3.8) is 0 Å². The first-order valence-electron chi connectivity index (χ1n) is 4.61. The van der Waals surface area contributed by atoms with Crippen LogP contribution < -0.4 is 0 Å². The van der Waals surface area contributed by atoms with Gasteiger partial charge in [-0.05, 0) is 25.7 Å². The van der Waals surface area contributed by atoms with Gasteiger partial charge in [0.25, 0.3) is 0 Å². The third-order valence-electron chi connectivity index (χ3n) is 2.60. The van der Waals surface area contributed by atoms with E-state index in [2.05, 4.69) is 0 Å². The lowest BCUT2D eigenvalue weighted by atomic mass is 9.84. The molecule has 0 atom stereocenters. The number of carbonyl (C=O) groups is 1. The number of hydrogen-bond donors (Lipinski definition) is 1. The average molecular weight is 168 g/mol. The first kappa shape index (κ1) is 9.30. The van der Waals surface area contributed by atoms with Crippen LogP contribution in [0.3, 0.4) is 0 Å². The standard InChI is InChI=1S/C10H16O2/c1-8(7-10(11)12)9-5-3-2-4-6-9/h7,9H,2-6H2,1H3,(H,11,12)/b8-7+. The topological polar surface area (TPSA) is 37.3 Å². The number of allylic oxidation sites excluding steroid dienone is 1. The monoisotopic (exact) mass is 168 g/mol. The Bertz CT molecular complexity index is 188. The van der Waals surface area contributed by atoms with Gasteiger partial charge in [-0.1, -0.05) is 24.8 Å². The molecule has 1 N–H and O–H groups in total. The van der Waals surface area contributed by atoms with Gasteiger partial charge < -0.3 is 5.11 Å². The normalized spacial score (nSPS) is 20.9. The number of carboxylic acids is 1. The molecule has 0 aromatic rings. The zero-order chi connectivity index (χ0) is 8.97. The first-order valence-corrected chi connectivity index (χ1v) is 4.61. The summed E-state index contributed by atoms with van der Waals surface area (Å²) in [4.78, 5) is 10.4. The molecule has 0 radical (unpaired) electrons. The van der Waals surface area contributed by atoms with Gasteiger partial charge in [-0.2, -0.15) is 0 Å². The Morgan fingerprint density at radius 1 is 1.33 bits per heavy atom. The molecule has 0 aromatic heterocycles. The minimum absolute atomic E-state index is 0.537. The van der Waals surface area contributed by atoms with E-state index in [9.17, 15) is 4.79 Å². The van der Waals surface area contributed by atoms with Crippen LogP contribution in [0.15, 0.2) is 11.6 Å². The quantitative estimate of drug-likeness (QED) is 0.643. The van der Waals surface area contributed by atoms with Gasteiger partial charge in [0, 0.05) is 6.08 Å². The van der Waals surface area contributed by atoms with Crippen molar-refractivity contribution in [1.82, 2.24) is 0 Å². The van der Waals surface area contributed by atoms with Crippen LogP contribution in [0.4, 0.5) is 0 Å². The molecule has 0 heterocycles. The molecule has 0 saturated heterocycles. The van der Waals surface area contributed by atoms with Crippen LogP contribution in [-0.2, 0) is 4.79 Å². The van der Waals surface area contributed by atoms with Crippen molar-refractivity contribution in [2.45, 2.75) is 39.0 Å². The summed E-state index contributed by atoms with van der Waals surface area (Å²) in [5.41, 5.74) is 1.04. The van der Waals surface area contributed by atoms with Crippen molar-refractivity contribution in [1.29, 1.82) is 0 Å². The number of aliphatic carboxylic acids is 1. The lowest BCUT2D eigenvalue weighted by Gasteiger charge is -2.21. The molecule has 68 valence electrons. The minimum Gasteiger partial charge on any atom is -0.478 e. The second-order valence-corrected chi connectivity index (χ2v) is 3.56. The summed E-state index contributed by atoms with van der Waals surface area (Å²) >= 11 is 0. The van der Waals surface area contributed by atoms with E-state index in [1.807, 2.05) is 6.92 Å². The summed E-state index contributed by atoms with van der Waals surface area (Å²) in [5, 5.41) is 8.54. The molecule has 0 amide bonds. The van der Waals surface area contributed by atoms with E-state index in [1.165, 1.54) is 38.2 Å². The number of carboxylic acid groups (broad SMARTS) is 1. The lowest BCUT2D eigenvalue weighted by molar-refractivity contribution is -0.131. The van der Waals surface area contributed by atoms with E-state index in [0.717, 1.165) is 5.57 Å². The summed E-state index contributed by atoms with van der Waals surface area (Å²) in [6, 6.07) is 0. The van der Waals surface area contributed by atoms with E-state index < -0.39 is 5.97 Å². The van der Waals surface area contributed by atoms with Crippen LogP contribution in [0.2, 0.25) is 0 Å². The second-order valence-electron chi connectivity index (χ2n) is 3.56. The van der Waals surface area contributed by atoms with Gasteiger partial charge in [0.1, 0.15) is 0 Å². The molecule has 1 aliphatic rings. The molecule has 1 aliphatic carbocycles. The Hall–Kier alpha value is -0.790. The van der Waals surface area contributed by atoms with Crippen LogP contribution in [0, 0.1) is 5.92 Å². The molecular weight excluding hydrogens is 152 g/mol. The summed E-state index contributed by atoms with van der Waals surface area (Å²) in [7, 11) is 0. The van der Waals surface area contributed by atoms with Crippen molar-refractivity contribution < 1.29 is 9.90 Å². The number of hydrogen-bond acceptors (Lipinski definition) is 1. The van der Waals surface area contributed by atoms with Crippen LogP contribution in [0.5, 0.6) is 0 Å². The molecule has 0 spiro atoms. The Morgan fingerprint density at radius 3 is 2.42 bits per heavy atom. The third-order valence-corrected chi connectivity index (χ3v) is 2.60. The Labute approximate surface area is 73.3 Å². The highest BCUT2D eigenvalue weighted by molar-refractivity contribution is 5.80. The molecule has 1 rings (SSSR count). The maximum Gasteiger partial charge on any atom is 0.328 e. The summed E-state index contributed by atoms with van der Waals surface area (Å²) < 4.78 is 0. The van der Waals surface area contributed by atoms with Gasteiger partial charge in [0.2, 0.25) is 0 Å². The summed E-state index contributed by atoms with van der Waals surface area (Å²) in [6.45, 7) is 1.93. The largest absolute Gasteiger partial charge is 0.478 e. The smallest absolute Gasteiger partial charge is 0.328 e. The zero-order valence-corrected chi connectivity index (χ0v) is 7.55. The second kappa shape index (κ2) is 4.29. The van der Waals surface area contributed by atoms with Crippen molar-refractivity contribution in [3.05, 3.63) is 11.6 Å². The van der Waals surface area contributed by atoms with Gasteiger partial charge in [-0.15, -0.1) is 0 Å².